The minimum atomic E-state index is -2.63. The number of hydrogen-bond donors (Lipinski definition) is 6. The Labute approximate surface area is 179 Å². The molecule has 11 nitrogen and oxygen atoms in total. The fraction of sp³-hybridized carbons (Fsp3) is 0.550. The van der Waals surface area contributed by atoms with Gasteiger partial charge in [-0.05, 0) is 23.1 Å². The van der Waals surface area contributed by atoms with E-state index in [-0.39, 0.29) is 29.4 Å². The number of guanidine groups is 2. The molecule has 0 saturated carbocycles. The molecule has 0 unspecified atom stereocenters. The summed E-state index contributed by atoms with van der Waals surface area (Å²) in [6, 6.07) is 5.14. The van der Waals surface area contributed by atoms with E-state index in [1.807, 2.05) is 12.1 Å². The summed E-state index contributed by atoms with van der Waals surface area (Å²) in [5.74, 6) is -3.45. The number of aliphatic imine (C=N–C) groups is 2. The van der Waals surface area contributed by atoms with Crippen LogP contribution in [0.1, 0.15) is 36.7 Å². The second kappa shape index (κ2) is 6.81. The molecule has 1 aromatic rings. The van der Waals surface area contributed by atoms with Gasteiger partial charge >= 0.3 is 5.97 Å². The van der Waals surface area contributed by atoms with Gasteiger partial charge in [-0.1, -0.05) is 32.9 Å². The molecule has 11 heteroatoms. The van der Waals surface area contributed by atoms with E-state index in [2.05, 4.69) is 36.1 Å². The first-order valence-electron chi connectivity index (χ1n) is 10.0. The summed E-state index contributed by atoms with van der Waals surface area (Å²) in [6.45, 7) is 5.60. The highest BCUT2D eigenvalue weighted by atomic mass is 16.6. The zero-order valence-electron chi connectivity index (χ0n) is 17.6. The summed E-state index contributed by atoms with van der Waals surface area (Å²) in [5, 5.41) is 34.8. The van der Waals surface area contributed by atoms with Gasteiger partial charge in [0.25, 0.3) is 0 Å². The molecule has 31 heavy (non-hydrogen) atoms. The van der Waals surface area contributed by atoms with E-state index in [1.165, 1.54) is 4.90 Å². The van der Waals surface area contributed by atoms with Gasteiger partial charge < -0.3 is 41.7 Å². The van der Waals surface area contributed by atoms with Crippen molar-refractivity contribution in [2.45, 2.75) is 55.8 Å². The maximum atomic E-state index is 12.8. The molecule has 0 aliphatic carbocycles. The van der Waals surface area contributed by atoms with Crippen LogP contribution in [0.2, 0.25) is 0 Å². The lowest BCUT2D eigenvalue weighted by Crippen LogP contribution is -2.77. The average Bonchev–Trinajstić information content (AvgIpc) is 3.16. The number of carbonyl (C=O) groups is 1. The number of esters is 1. The van der Waals surface area contributed by atoms with Gasteiger partial charge in [-0.3, -0.25) is 0 Å². The first kappa shape index (κ1) is 21.3. The third-order valence-electron chi connectivity index (χ3n) is 6.17. The van der Waals surface area contributed by atoms with Gasteiger partial charge in [0.1, 0.15) is 12.1 Å². The number of nitrogens with zero attached hydrogens (tertiary/aromatic N) is 3. The highest BCUT2D eigenvalue weighted by molar-refractivity contribution is 5.90. The van der Waals surface area contributed by atoms with E-state index in [0.29, 0.717) is 0 Å². The number of aliphatic hydroxyl groups excluding tert-OH is 1. The zero-order chi connectivity index (χ0) is 22.8. The molecule has 3 aliphatic rings. The van der Waals surface area contributed by atoms with Crippen molar-refractivity contribution in [3.05, 3.63) is 35.4 Å². The lowest BCUT2D eigenvalue weighted by molar-refractivity contribution is -0.257. The van der Waals surface area contributed by atoms with Crippen LogP contribution in [0.5, 0.6) is 0 Å². The monoisotopic (exact) mass is 432 g/mol. The summed E-state index contributed by atoms with van der Waals surface area (Å²) in [7, 11) is 0. The van der Waals surface area contributed by atoms with Crippen LogP contribution in [0.3, 0.4) is 0 Å². The van der Waals surface area contributed by atoms with Crippen LogP contribution >= 0.6 is 0 Å². The second-order valence-electron chi connectivity index (χ2n) is 9.15. The lowest BCUT2D eigenvalue weighted by Gasteiger charge is -2.48. The Morgan fingerprint density at radius 3 is 2.48 bits per heavy atom. The van der Waals surface area contributed by atoms with E-state index in [1.54, 1.807) is 12.1 Å². The molecule has 1 aromatic carbocycles. The third kappa shape index (κ3) is 3.03. The molecule has 0 amide bonds. The van der Waals surface area contributed by atoms with Crippen LogP contribution in [0.4, 0.5) is 0 Å². The van der Waals surface area contributed by atoms with Gasteiger partial charge in [-0.2, -0.15) is 0 Å². The quantitative estimate of drug-likeness (QED) is 0.237. The number of nitrogens with two attached hydrogens (primary N) is 2. The van der Waals surface area contributed by atoms with Gasteiger partial charge in [-0.25, -0.2) is 14.8 Å². The van der Waals surface area contributed by atoms with Crippen LogP contribution < -0.4 is 16.8 Å². The van der Waals surface area contributed by atoms with Crippen LogP contribution in [-0.4, -0.2) is 80.9 Å². The second-order valence-corrected chi connectivity index (χ2v) is 9.15. The zero-order valence-corrected chi connectivity index (χ0v) is 17.6. The number of rotatable bonds is 3. The molecule has 1 spiro atoms. The number of carbonyl (C=O) groups excluding carboxylic acids is 1. The Morgan fingerprint density at radius 2 is 1.90 bits per heavy atom. The van der Waals surface area contributed by atoms with Crippen LogP contribution in [-0.2, 0) is 10.2 Å². The molecule has 168 valence electrons. The molecule has 0 aromatic heterocycles. The van der Waals surface area contributed by atoms with Crippen molar-refractivity contribution in [3.63, 3.8) is 0 Å². The third-order valence-corrected chi connectivity index (χ3v) is 6.17. The number of ether oxygens (including phenoxy) is 1. The number of aliphatic hydroxyl groups is 3. The predicted octanol–water partition coefficient (Wildman–Crippen LogP) is -1.82. The molecule has 8 N–H and O–H groups in total. The molecule has 1 fully saturated rings. The Bertz CT molecular complexity index is 954. The highest BCUT2D eigenvalue weighted by Gasteiger charge is 2.74. The smallest absolute Gasteiger partial charge is 0.338 e. The number of hydrogen-bond acceptors (Lipinski definition) is 11. The molecule has 1 saturated heterocycles. The molecule has 3 aliphatic heterocycles. The molecule has 3 heterocycles. The topological polar surface area (TPSA) is 179 Å². The van der Waals surface area contributed by atoms with Crippen molar-refractivity contribution in [1.82, 2.24) is 10.2 Å². The predicted molar refractivity (Wildman–Crippen MR) is 112 cm³/mol. The lowest BCUT2D eigenvalue weighted by atomic mass is 9.86. The first-order valence-corrected chi connectivity index (χ1v) is 10.0. The van der Waals surface area contributed by atoms with E-state index >= 15 is 0 Å². The molecular weight excluding hydrogens is 404 g/mol. The van der Waals surface area contributed by atoms with Crippen LogP contribution in [0.15, 0.2) is 34.3 Å². The number of nitrogens with one attached hydrogen (secondary N) is 1. The molecule has 4 rings (SSSR count). The van der Waals surface area contributed by atoms with Crippen molar-refractivity contribution in [2.24, 2.45) is 21.5 Å². The summed E-state index contributed by atoms with van der Waals surface area (Å²) in [6.07, 6.45) is -1.38. The van der Waals surface area contributed by atoms with E-state index in [9.17, 15) is 20.1 Å². The largest absolute Gasteiger partial charge is 0.451 e. The molecule has 0 radical (unpaired) electrons. The fourth-order valence-corrected chi connectivity index (χ4v) is 4.48. The highest BCUT2D eigenvalue weighted by Crippen LogP contribution is 2.45. The number of benzene rings is 1. The van der Waals surface area contributed by atoms with Gasteiger partial charge in [0.2, 0.25) is 5.79 Å². The minimum Gasteiger partial charge on any atom is -0.451 e. The normalized spacial score (nSPS) is 31.3. The summed E-state index contributed by atoms with van der Waals surface area (Å²) in [4.78, 5) is 22.5. The SMILES string of the molecule is CC(C)(C)c1ccc(C(=O)O[C@H]2CN3C(N)=N[C@@H](CO)[C@@H]4N=C(N)N[C@@]43C2(O)O)cc1. The first-order chi connectivity index (χ1) is 14.4. The molecular formula is C20H28N6O5. The van der Waals surface area contributed by atoms with Crippen LogP contribution in [0.25, 0.3) is 0 Å². The van der Waals surface area contributed by atoms with Crippen LogP contribution in [0, 0.1) is 0 Å². The van der Waals surface area contributed by atoms with Crippen molar-refractivity contribution >= 4 is 17.9 Å². The van der Waals surface area contributed by atoms with Gasteiger partial charge in [0.15, 0.2) is 23.7 Å². The summed E-state index contributed by atoms with van der Waals surface area (Å²) < 4.78 is 5.50. The summed E-state index contributed by atoms with van der Waals surface area (Å²) >= 11 is 0. The fourth-order valence-electron chi connectivity index (χ4n) is 4.48. The van der Waals surface area contributed by atoms with Gasteiger partial charge in [0.05, 0.1) is 18.7 Å². The van der Waals surface area contributed by atoms with Crippen molar-refractivity contribution in [1.29, 1.82) is 0 Å². The van der Waals surface area contributed by atoms with E-state index < -0.39 is 42.2 Å². The van der Waals surface area contributed by atoms with Gasteiger partial charge in [0, 0.05) is 0 Å². The van der Waals surface area contributed by atoms with Crippen molar-refractivity contribution < 1.29 is 24.9 Å². The Balaban J connectivity index is 1.62. The van der Waals surface area contributed by atoms with E-state index in [4.69, 9.17) is 16.2 Å². The summed E-state index contributed by atoms with van der Waals surface area (Å²) in [5.41, 5.74) is 11.4. The standard InChI is InChI=1S/C20H28N6O5/c1-18(2,3)11-6-4-10(5-7-11)15(28)31-13-8-26-17(22)23-12(9-27)14-19(26,20(13,29)30)25-16(21)24-14/h4-7,12-14,27,29-30H,8-9H2,1-3H3,(H2,22,23)(H3,21,24,25)/t12-,13-,14-,19-/m0/s1. The van der Waals surface area contributed by atoms with Crippen molar-refractivity contribution in [2.75, 3.05) is 13.2 Å². The average molecular weight is 432 g/mol. The maximum absolute atomic E-state index is 12.8. The Hall–Kier alpha value is -2.89. The van der Waals surface area contributed by atoms with E-state index in [0.717, 1.165) is 5.56 Å². The minimum absolute atomic E-state index is 0.0479. The Morgan fingerprint density at radius 1 is 1.26 bits per heavy atom. The Kier molecular flexibility index (Phi) is 4.69. The molecule has 4 atom stereocenters. The molecule has 0 bridgehead atoms. The van der Waals surface area contributed by atoms with Gasteiger partial charge in [-0.15, -0.1) is 0 Å². The maximum Gasteiger partial charge on any atom is 0.338 e. The van der Waals surface area contributed by atoms with Crippen molar-refractivity contribution in [3.8, 4) is 0 Å².